The van der Waals surface area contributed by atoms with Crippen LogP contribution in [-0.2, 0) is 28.6 Å². The lowest BCUT2D eigenvalue weighted by molar-refractivity contribution is -0.137. The number of carbonyl (C=O) groups excluding carboxylic acids is 3. The molecule has 1 aliphatic heterocycles. The maximum atomic E-state index is 12.8. The fourth-order valence-corrected chi connectivity index (χ4v) is 5.55. The second-order valence-corrected chi connectivity index (χ2v) is 9.30. The van der Waals surface area contributed by atoms with Crippen molar-refractivity contribution >= 4 is 46.5 Å². The summed E-state index contributed by atoms with van der Waals surface area (Å²) in [6.45, 7) is 0. The number of hydrazine groups is 1. The maximum absolute atomic E-state index is 12.8. The van der Waals surface area contributed by atoms with Crippen LogP contribution in [0.1, 0.15) is 38.5 Å². The zero-order chi connectivity index (χ0) is 21.5. The Hall–Kier alpha value is -2.53. The first-order chi connectivity index (χ1) is 14.2. The van der Waals surface area contributed by atoms with Gasteiger partial charge in [-0.1, -0.05) is 0 Å². The fourth-order valence-electron chi connectivity index (χ4n) is 3.31. The second kappa shape index (κ2) is 7.95. The minimum absolute atomic E-state index is 0.0653. The van der Waals surface area contributed by atoms with E-state index in [1.165, 1.54) is 27.8 Å². The predicted octanol–water partition coefficient (Wildman–Crippen LogP) is 3.52. The van der Waals surface area contributed by atoms with Crippen molar-refractivity contribution in [3.8, 4) is 0 Å². The number of nitrogens with one attached hydrogen (secondary N) is 3. The lowest BCUT2D eigenvalue weighted by Crippen LogP contribution is -2.43. The Balaban J connectivity index is 1.33. The molecule has 6 nitrogen and oxygen atoms in total. The first-order valence-corrected chi connectivity index (χ1v) is 10.8. The number of rotatable bonds is 3. The Kier molecular flexibility index (Phi) is 5.49. The number of hydrogen-bond donors (Lipinski definition) is 3. The summed E-state index contributed by atoms with van der Waals surface area (Å²) in [5.74, 6) is -1.56. The Morgan fingerprint density at radius 3 is 2.70 bits per heavy atom. The number of anilines is 1. The number of thiophene rings is 1. The topological polar surface area (TPSA) is 87.3 Å². The normalized spacial score (nSPS) is 17.7. The van der Waals surface area contributed by atoms with Crippen molar-refractivity contribution in [3.63, 3.8) is 0 Å². The van der Waals surface area contributed by atoms with Gasteiger partial charge in [-0.25, -0.2) is 0 Å². The molecule has 0 saturated carbocycles. The molecule has 0 bridgehead atoms. The number of hydrogen-bond acceptors (Lipinski definition) is 5. The van der Waals surface area contributed by atoms with E-state index >= 15 is 0 Å². The largest absolute Gasteiger partial charge is 0.416 e. The molecule has 158 valence electrons. The minimum atomic E-state index is -4.51. The van der Waals surface area contributed by atoms with E-state index in [9.17, 15) is 27.6 Å². The molecule has 3 amide bonds. The molecule has 0 radical (unpaired) electrons. The summed E-state index contributed by atoms with van der Waals surface area (Å²) in [7, 11) is 0. The van der Waals surface area contributed by atoms with Crippen LogP contribution in [0.25, 0.3) is 0 Å². The molecule has 1 aromatic carbocycles. The van der Waals surface area contributed by atoms with Gasteiger partial charge in [0.1, 0.15) is 0 Å². The van der Waals surface area contributed by atoms with E-state index in [4.69, 9.17) is 0 Å². The van der Waals surface area contributed by atoms with Gasteiger partial charge in [-0.05, 0) is 49.1 Å². The predicted molar refractivity (Wildman–Crippen MR) is 106 cm³/mol. The van der Waals surface area contributed by atoms with Gasteiger partial charge >= 0.3 is 6.18 Å². The van der Waals surface area contributed by atoms with Crippen molar-refractivity contribution in [2.75, 3.05) is 5.32 Å². The molecular weight excluding hydrogens is 439 g/mol. The number of thioether (sulfide) groups is 1. The highest BCUT2D eigenvalue weighted by atomic mass is 32.2. The molecule has 3 N–H and O–H groups in total. The average Bonchev–Trinajstić information content (AvgIpc) is 3.28. The summed E-state index contributed by atoms with van der Waals surface area (Å²) in [5.41, 5.74) is 5.00. The molecule has 4 rings (SSSR count). The number of aryl methyl sites for hydroxylation is 2. The highest BCUT2D eigenvalue weighted by Gasteiger charge is 2.34. The average molecular weight is 455 g/mol. The first-order valence-electron chi connectivity index (χ1n) is 9.10. The van der Waals surface area contributed by atoms with Gasteiger partial charge in [-0.2, -0.15) is 13.2 Å². The second-order valence-electron chi connectivity index (χ2n) is 6.92. The number of amides is 3. The Morgan fingerprint density at radius 1 is 1.17 bits per heavy atom. The molecule has 30 heavy (non-hydrogen) atoms. The monoisotopic (exact) mass is 455 g/mol. The van der Waals surface area contributed by atoms with Crippen LogP contribution in [0, 0.1) is 0 Å². The SMILES string of the molecule is O=C(CC1Sc2ccc(C(F)(F)F)cc2NC1=O)NNC(=O)c1cc2c(s1)CCC2. The van der Waals surface area contributed by atoms with Crippen LogP contribution in [0.5, 0.6) is 0 Å². The van der Waals surface area contributed by atoms with Crippen LogP contribution in [0.3, 0.4) is 0 Å². The molecule has 0 spiro atoms. The van der Waals surface area contributed by atoms with Gasteiger partial charge in [0.15, 0.2) is 0 Å². The Bertz CT molecular complexity index is 1010. The molecular formula is C19H16F3N3O3S2. The summed E-state index contributed by atoms with van der Waals surface area (Å²) in [6, 6.07) is 4.89. The molecule has 2 heterocycles. The van der Waals surface area contributed by atoms with Crippen LogP contribution in [0.15, 0.2) is 29.2 Å². The number of halogens is 3. The zero-order valence-electron chi connectivity index (χ0n) is 15.4. The lowest BCUT2D eigenvalue weighted by atomic mass is 10.1. The molecule has 0 saturated heterocycles. The van der Waals surface area contributed by atoms with Crippen molar-refractivity contribution in [1.29, 1.82) is 0 Å². The maximum Gasteiger partial charge on any atom is 0.416 e. The molecule has 2 aromatic rings. The van der Waals surface area contributed by atoms with Crippen molar-refractivity contribution < 1.29 is 27.6 Å². The third-order valence-corrected chi connectivity index (χ3v) is 7.29. The van der Waals surface area contributed by atoms with Crippen LogP contribution in [-0.4, -0.2) is 23.0 Å². The molecule has 1 aliphatic carbocycles. The number of fused-ring (bicyclic) bond motifs is 2. The molecule has 11 heteroatoms. The summed E-state index contributed by atoms with van der Waals surface area (Å²) < 4.78 is 38.5. The van der Waals surface area contributed by atoms with Gasteiger partial charge in [0, 0.05) is 16.2 Å². The van der Waals surface area contributed by atoms with Gasteiger partial charge in [-0.15, -0.1) is 23.1 Å². The molecule has 1 aromatic heterocycles. The highest BCUT2D eigenvalue weighted by Crippen LogP contribution is 2.40. The van der Waals surface area contributed by atoms with Gasteiger partial charge < -0.3 is 5.32 Å². The van der Waals surface area contributed by atoms with Crippen molar-refractivity contribution in [2.24, 2.45) is 0 Å². The standard InChI is InChI=1S/C19H16F3N3O3S2/c20-19(21,22)10-4-5-13-11(7-10)23-17(27)15(30-13)8-16(26)24-25-18(28)14-6-9-2-1-3-12(9)29-14/h4-7,15H,1-3,8H2,(H,23,27)(H,24,26)(H,25,28). The van der Waals surface area contributed by atoms with E-state index in [-0.39, 0.29) is 12.1 Å². The Labute approximate surface area is 177 Å². The van der Waals surface area contributed by atoms with Crippen molar-refractivity contribution in [2.45, 2.75) is 42.0 Å². The number of alkyl halides is 3. The van der Waals surface area contributed by atoms with Gasteiger partial charge in [0.25, 0.3) is 5.91 Å². The minimum Gasteiger partial charge on any atom is -0.324 e. The van der Waals surface area contributed by atoms with Gasteiger partial charge in [0.05, 0.1) is 21.4 Å². The lowest BCUT2D eigenvalue weighted by Gasteiger charge is -2.24. The quantitative estimate of drug-likeness (QED) is 0.618. The van der Waals surface area contributed by atoms with E-state index in [0.29, 0.717) is 9.77 Å². The van der Waals surface area contributed by atoms with Crippen LogP contribution in [0.2, 0.25) is 0 Å². The van der Waals surface area contributed by atoms with Gasteiger partial charge in [-0.3, -0.25) is 25.2 Å². The number of benzene rings is 1. The Morgan fingerprint density at radius 2 is 1.97 bits per heavy atom. The summed E-state index contributed by atoms with van der Waals surface area (Å²) in [6.07, 6.45) is -1.76. The van der Waals surface area contributed by atoms with Crippen molar-refractivity contribution in [1.82, 2.24) is 10.9 Å². The molecule has 1 unspecified atom stereocenters. The summed E-state index contributed by atoms with van der Waals surface area (Å²) in [4.78, 5) is 38.7. The fraction of sp³-hybridized carbons (Fsp3) is 0.316. The number of carbonyl (C=O) groups is 3. The van der Waals surface area contributed by atoms with Crippen molar-refractivity contribution in [3.05, 3.63) is 45.1 Å². The first kappa shape index (κ1) is 20.7. The summed E-state index contributed by atoms with van der Waals surface area (Å²) >= 11 is 2.41. The third-order valence-electron chi connectivity index (χ3n) is 4.78. The molecule has 1 atom stereocenters. The van der Waals surface area contributed by atoms with E-state index in [2.05, 4.69) is 16.2 Å². The van der Waals surface area contributed by atoms with Crippen LogP contribution in [0.4, 0.5) is 18.9 Å². The van der Waals surface area contributed by atoms with Gasteiger partial charge in [0.2, 0.25) is 11.8 Å². The molecule has 2 aliphatic rings. The van der Waals surface area contributed by atoms with Crippen LogP contribution < -0.4 is 16.2 Å². The van der Waals surface area contributed by atoms with E-state index in [1.54, 1.807) is 0 Å². The van der Waals surface area contributed by atoms with Crippen LogP contribution >= 0.6 is 23.1 Å². The van der Waals surface area contributed by atoms with E-state index in [0.717, 1.165) is 43.2 Å². The smallest absolute Gasteiger partial charge is 0.324 e. The highest BCUT2D eigenvalue weighted by molar-refractivity contribution is 8.01. The zero-order valence-corrected chi connectivity index (χ0v) is 17.0. The summed E-state index contributed by atoms with van der Waals surface area (Å²) in [5, 5.41) is 1.59. The molecule has 0 fully saturated rings. The van der Waals surface area contributed by atoms with E-state index in [1.807, 2.05) is 6.07 Å². The third kappa shape index (κ3) is 4.31. The van der Waals surface area contributed by atoms with E-state index < -0.39 is 34.7 Å².